The van der Waals surface area contributed by atoms with Crippen molar-refractivity contribution in [3.05, 3.63) is 34.1 Å². The fraction of sp³-hybridized carbons (Fsp3) is 0.462. The maximum atomic E-state index is 13.8. The Bertz CT molecular complexity index is 542. The SMILES string of the molecule is CC1=NC(c2cc(Br)ccc2F)CS(=O)C1(C)C. The summed E-state index contributed by atoms with van der Waals surface area (Å²) >= 11 is 3.32. The number of benzene rings is 1. The van der Waals surface area contributed by atoms with Crippen LogP contribution in [0, 0.1) is 5.82 Å². The van der Waals surface area contributed by atoms with Gasteiger partial charge in [-0.25, -0.2) is 4.39 Å². The van der Waals surface area contributed by atoms with Crippen LogP contribution >= 0.6 is 15.9 Å². The van der Waals surface area contributed by atoms with E-state index in [1.807, 2.05) is 20.8 Å². The minimum absolute atomic E-state index is 0.295. The fourth-order valence-electron chi connectivity index (χ4n) is 1.87. The van der Waals surface area contributed by atoms with Gasteiger partial charge in [0.05, 0.1) is 16.5 Å². The van der Waals surface area contributed by atoms with Crippen molar-refractivity contribution in [3.8, 4) is 0 Å². The molecule has 0 saturated heterocycles. The molecule has 0 N–H and O–H groups in total. The van der Waals surface area contributed by atoms with E-state index < -0.39 is 15.5 Å². The molecule has 0 spiro atoms. The van der Waals surface area contributed by atoms with E-state index >= 15 is 0 Å². The highest BCUT2D eigenvalue weighted by molar-refractivity contribution is 9.10. The van der Waals surface area contributed by atoms with Crippen LogP contribution in [0.15, 0.2) is 27.7 Å². The van der Waals surface area contributed by atoms with Crippen LogP contribution in [0.1, 0.15) is 32.4 Å². The summed E-state index contributed by atoms with van der Waals surface area (Å²) in [7, 11) is -1.04. The van der Waals surface area contributed by atoms with Gasteiger partial charge in [-0.05, 0) is 39.0 Å². The molecule has 2 unspecified atom stereocenters. The van der Waals surface area contributed by atoms with E-state index in [4.69, 9.17) is 0 Å². The van der Waals surface area contributed by atoms with Crippen molar-refractivity contribution in [1.29, 1.82) is 0 Å². The van der Waals surface area contributed by atoms with Crippen LogP contribution in [-0.2, 0) is 10.8 Å². The molecular weight excluding hydrogens is 317 g/mol. The average molecular weight is 332 g/mol. The number of aliphatic imine (C=N–C) groups is 1. The molecule has 0 radical (unpaired) electrons. The molecular formula is C13H15BrFNOS. The number of nitrogens with zero attached hydrogens (tertiary/aromatic N) is 1. The Morgan fingerprint density at radius 2 is 2.17 bits per heavy atom. The predicted molar refractivity (Wildman–Crippen MR) is 77.0 cm³/mol. The maximum Gasteiger partial charge on any atom is 0.128 e. The summed E-state index contributed by atoms with van der Waals surface area (Å²) in [5, 5.41) is 0. The lowest BCUT2D eigenvalue weighted by Gasteiger charge is -2.32. The smallest absolute Gasteiger partial charge is 0.128 e. The van der Waals surface area contributed by atoms with Crippen LogP contribution in [0.25, 0.3) is 0 Å². The lowest BCUT2D eigenvalue weighted by Crippen LogP contribution is -2.41. The Hall–Kier alpha value is -0.550. The Labute approximate surface area is 117 Å². The standard InChI is InChI=1S/C13H15BrFNOS/c1-8-13(2,3)18(17)7-12(16-8)10-6-9(14)4-5-11(10)15/h4-6,12H,7H2,1-3H3. The number of rotatable bonds is 1. The maximum absolute atomic E-state index is 13.8. The third-order valence-corrected chi connectivity index (χ3v) is 5.96. The first-order chi connectivity index (χ1) is 8.32. The summed E-state index contributed by atoms with van der Waals surface area (Å²) in [4.78, 5) is 4.52. The predicted octanol–water partition coefficient (Wildman–Crippen LogP) is 3.63. The second-order valence-electron chi connectivity index (χ2n) is 4.92. The van der Waals surface area contributed by atoms with E-state index in [0.29, 0.717) is 11.3 Å². The highest BCUT2D eigenvalue weighted by atomic mass is 79.9. The first kappa shape index (κ1) is 13.9. The van der Waals surface area contributed by atoms with Gasteiger partial charge in [0.25, 0.3) is 0 Å². The van der Waals surface area contributed by atoms with Gasteiger partial charge in [0.2, 0.25) is 0 Å². The van der Waals surface area contributed by atoms with Crippen molar-refractivity contribution in [2.75, 3.05) is 5.75 Å². The summed E-state index contributed by atoms with van der Waals surface area (Å²) in [5.74, 6) is 0.0778. The summed E-state index contributed by atoms with van der Waals surface area (Å²) < 4.78 is 26.4. The highest BCUT2D eigenvalue weighted by Gasteiger charge is 2.36. The molecule has 1 heterocycles. The van der Waals surface area contributed by atoms with E-state index in [2.05, 4.69) is 20.9 Å². The number of hydrogen-bond acceptors (Lipinski definition) is 2. The lowest BCUT2D eigenvalue weighted by atomic mass is 10.0. The zero-order valence-electron chi connectivity index (χ0n) is 10.5. The zero-order valence-corrected chi connectivity index (χ0v) is 12.9. The lowest BCUT2D eigenvalue weighted by molar-refractivity contribution is 0.587. The molecule has 0 aliphatic carbocycles. The van der Waals surface area contributed by atoms with Crippen LogP contribution in [0.5, 0.6) is 0 Å². The third kappa shape index (κ3) is 2.43. The molecule has 1 aliphatic heterocycles. The van der Waals surface area contributed by atoms with Crippen molar-refractivity contribution in [1.82, 2.24) is 0 Å². The average Bonchev–Trinajstić information content (AvgIpc) is 2.29. The molecule has 0 bridgehead atoms. The Kier molecular flexibility index (Phi) is 3.74. The topological polar surface area (TPSA) is 29.4 Å². The second-order valence-corrected chi connectivity index (χ2v) is 7.88. The normalized spacial score (nSPS) is 26.8. The molecule has 1 aromatic carbocycles. The van der Waals surface area contributed by atoms with Crippen LogP contribution in [0.4, 0.5) is 4.39 Å². The Morgan fingerprint density at radius 1 is 1.50 bits per heavy atom. The molecule has 1 aliphatic rings. The van der Waals surface area contributed by atoms with Gasteiger partial charge in [0.15, 0.2) is 0 Å². The van der Waals surface area contributed by atoms with Gasteiger partial charge in [-0.15, -0.1) is 0 Å². The quantitative estimate of drug-likeness (QED) is 0.772. The molecule has 1 aromatic rings. The molecule has 2 nitrogen and oxygen atoms in total. The van der Waals surface area contributed by atoms with E-state index in [-0.39, 0.29) is 11.9 Å². The summed E-state index contributed by atoms with van der Waals surface area (Å²) in [5.41, 5.74) is 1.32. The monoisotopic (exact) mass is 331 g/mol. The van der Waals surface area contributed by atoms with Crippen LogP contribution in [0.3, 0.4) is 0 Å². The Morgan fingerprint density at radius 3 is 2.78 bits per heavy atom. The first-order valence-electron chi connectivity index (χ1n) is 5.70. The number of halogens is 2. The molecule has 18 heavy (non-hydrogen) atoms. The fourth-order valence-corrected chi connectivity index (χ4v) is 3.59. The summed E-state index contributed by atoms with van der Waals surface area (Å²) in [6, 6.07) is 4.43. The van der Waals surface area contributed by atoms with Gasteiger partial charge in [0.1, 0.15) is 5.82 Å². The Balaban J connectivity index is 2.45. The van der Waals surface area contributed by atoms with Crippen molar-refractivity contribution in [3.63, 3.8) is 0 Å². The second kappa shape index (κ2) is 4.85. The van der Waals surface area contributed by atoms with E-state index in [0.717, 1.165) is 10.2 Å². The zero-order chi connectivity index (χ0) is 13.5. The molecule has 2 rings (SSSR count). The van der Waals surface area contributed by atoms with E-state index in [1.54, 1.807) is 12.1 Å². The van der Waals surface area contributed by atoms with E-state index in [1.165, 1.54) is 6.07 Å². The van der Waals surface area contributed by atoms with Crippen LogP contribution < -0.4 is 0 Å². The van der Waals surface area contributed by atoms with Crippen LogP contribution in [0.2, 0.25) is 0 Å². The van der Waals surface area contributed by atoms with Gasteiger partial charge in [0, 0.05) is 26.5 Å². The van der Waals surface area contributed by atoms with Gasteiger partial charge in [-0.1, -0.05) is 15.9 Å². The minimum atomic E-state index is -1.04. The van der Waals surface area contributed by atoms with Gasteiger partial charge in [-0.3, -0.25) is 9.20 Å². The van der Waals surface area contributed by atoms with Gasteiger partial charge < -0.3 is 0 Å². The molecule has 98 valence electrons. The van der Waals surface area contributed by atoms with Crippen LogP contribution in [-0.4, -0.2) is 20.4 Å². The molecule has 2 atom stereocenters. The van der Waals surface area contributed by atoms with Crippen molar-refractivity contribution < 1.29 is 8.60 Å². The van der Waals surface area contributed by atoms with Crippen molar-refractivity contribution in [2.24, 2.45) is 4.99 Å². The number of hydrogen-bond donors (Lipinski definition) is 0. The molecule has 0 fully saturated rings. The first-order valence-corrected chi connectivity index (χ1v) is 7.82. The molecule has 0 saturated carbocycles. The largest absolute Gasteiger partial charge is 0.284 e. The molecule has 5 heteroatoms. The summed E-state index contributed by atoms with van der Waals surface area (Å²) in [6.07, 6.45) is 0. The van der Waals surface area contributed by atoms with Gasteiger partial charge in [-0.2, -0.15) is 0 Å². The minimum Gasteiger partial charge on any atom is -0.284 e. The van der Waals surface area contributed by atoms with E-state index in [9.17, 15) is 8.60 Å². The van der Waals surface area contributed by atoms with Crippen molar-refractivity contribution in [2.45, 2.75) is 31.6 Å². The molecule has 0 amide bonds. The highest BCUT2D eigenvalue weighted by Crippen LogP contribution is 2.32. The van der Waals surface area contributed by atoms with Crippen molar-refractivity contribution >= 4 is 32.4 Å². The van der Waals surface area contributed by atoms with Gasteiger partial charge >= 0.3 is 0 Å². The summed E-state index contributed by atoms with van der Waals surface area (Å²) in [6.45, 7) is 5.69. The third-order valence-electron chi connectivity index (χ3n) is 3.42. The molecule has 0 aromatic heterocycles.